The fourth-order valence-electron chi connectivity index (χ4n) is 11.2. The molecule has 3 aromatic carbocycles. The molecule has 0 aliphatic carbocycles. The Hall–Kier alpha value is -7.80. The van der Waals surface area contributed by atoms with Crippen molar-refractivity contribution >= 4 is 87.6 Å². The van der Waals surface area contributed by atoms with Gasteiger partial charge in [0.15, 0.2) is 19.8 Å². The molecule has 0 saturated carbocycles. The first-order chi connectivity index (χ1) is 46.2. The summed E-state index contributed by atoms with van der Waals surface area (Å²) in [5.74, 6) is -1.50. The van der Waals surface area contributed by atoms with Crippen molar-refractivity contribution in [2.75, 3.05) is 78.9 Å². The Labute approximate surface area is 583 Å². The number of carbonyl (C=O) groups excluding carboxylic acids is 6. The normalized spacial score (nSPS) is 18.5. The highest BCUT2D eigenvalue weighted by Gasteiger charge is 2.26. The summed E-state index contributed by atoms with van der Waals surface area (Å²) in [5.41, 5.74) is 10.1. The minimum absolute atomic E-state index is 0.0542. The molecule has 3 amide bonds. The second-order valence-electron chi connectivity index (χ2n) is 23.5. The lowest BCUT2D eigenvalue weighted by molar-refractivity contribution is -0.137. The van der Waals surface area contributed by atoms with Crippen LogP contribution in [0.2, 0.25) is 15.1 Å². The minimum atomic E-state index is -0.409. The number of carbonyl (C=O) groups is 6. The van der Waals surface area contributed by atoms with E-state index in [1.165, 1.54) is 0 Å². The van der Waals surface area contributed by atoms with Crippen LogP contribution in [0, 0.1) is 41.5 Å². The zero-order valence-corrected chi connectivity index (χ0v) is 60.0. The van der Waals surface area contributed by atoms with Gasteiger partial charge < -0.3 is 43.4 Å². The van der Waals surface area contributed by atoms with Gasteiger partial charge >= 0.3 is 17.9 Å². The lowest BCUT2D eigenvalue weighted by Gasteiger charge is -2.26. The molecule has 0 aromatic heterocycles. The first-order valence-electron chi connectivity index (χ1n) is 33.5. The van der Waals surface area contributed by atoms with Crippen LogP contribution in [-0.4, -0.2) is 146 Å². The van der Waals surface area contributed by atoms with E-state index in [0.29, 0.717) is 124 Å². The van der Waals surface area contributed by atoms with Crippen LogP contribution in [-0.2, 0) is 62.4 Å². The quantitative estimate of drug-likeness (QED) is 0.0678. The van der Waals surface area contributed by atoms with Crippen molar-refractivity contribution < 1.29 is 57.5 Å². The van der Waals surface area contributed by atoms with Crippen LogP contribution in [0.1, 0.15) is 179 Å². The Balaban J connectivity index is 0.000000260. The van der Waals surface area contributed by atoms with Crippen LogP contribution in [0.4, 0.5) is 0 Å². The number of likely N-dealkylation sites (tertiary alicyclic amines) is 1. The van der Waals surface area contributed by atoms with E-state index in [-0.39, 0.29) is 57.0 Å². The zero-order chi connectivity index (χ0) is 69.9. The molecular formula is C75H97Cl3N6O12. The van der Waals surface area contributed by atoms with Gasteiger partial charge in [-0.1, -0.05) is 123 Å². The number of likely N-dealkylation sites (N-methyl/N-ethyl adjacent to an activating group) is 2. The fraction of sp³-hybridized carbons (Fsp3) is 0.480. The van der Waals surface area contributed by atoms with Gasteiger partial charge in [-0.05, 0) is 208 Å². The topological polar surface area (TPSA) is 205 Å². The average Bonchev–Trinajstić information content (AvgIpc) is 0.832. The molecule has 4 aliphatic rings. The third kappa shape index (κ3) is 25.3. The van der Waals surface area contributed by atoms with Crippen LogP contribution in [0.3, 0.4) is 0 Å². The zero-order valence-electron chi connectivity index (χ0n) is 57.8. The molecule has 3 aromatic rings. The Bertz CT molecular complexity index is 3290. The molecule has 18 nitrogen and oxygen atoms in total. The number of benzene rings is 3. The molecule has 0 unspecified atom stereocenters. The summed E-state index contributed by atoms with van der Waals surface area (Å²) in [4.78, 5) is 96.9. The molecule has 4 aliphatic heterocycles. The van der Waals surface area contributed by atoms with E-state index >= 15 is 0 Å². The van der Waals surface area contributed by atoms with Crippen molar-refractivity contribution in [1.82, 2.24) is 14.7 Å². The lowest BCUT2D eigenvalue weighted by Crippen LogP contribution is -2.37. The molecule has 1 fully saturated rings. The van der Waals surface area contributed by atoms with Gasteiger partial charge in [-0.2, -0.15) is 0 Å². The largest absolute Gasteiger partial charge is 0.462 e. The van der Waals surface area contributed by atoms with Crippen molar-refractivity contribution in [3.63, 3.8) is 0 Å². The van der Waals surface area contributed by atoms with E-state index < -0.39 is 17.9 Å². The summed E-state index contributed by atoms with van der Waals surface area (Å²) in [6, 6.07) is 5.66. The third-order valence-corrected chi connectivity index (χ3v) is 17.8. The maximum atomic E-state index is 12.9. The van der Waals surface area contributed by atoms with Crippen LogP contribution in [0.5, 0.6) is 0 Å². The van der Waals surface area contributed by atoms with Crippen LogP contribution < -0.4 is 0 Å². The summed E-state index contributed by atoms with van der Waals surface area (Å²) in [5, 5.41) is 14.2. The van der Waals surface area contributed by atoms with Crippen molar-refractivity contribution in [3.8, 4) is 0 Å². The van der Waals surface area contributed by atoms with Gasteiger partial charge in [-0.3, -0.25) is 14.4 Å². The number of amides is 3. The van der Waals surface area contributed by atoms with E-state index in [0.717, 1.165) is 104 Å². The van der Waals surface area contributed by atoms with Crippen LogP contribution in [0.25, 0.3) is 0 Å². The number of nitrogens with zero attached hydrogens (tertiary/aromatic N) is 6. The smallest absolute Gasteiger partial charge is 0.339 e. The molecule has 96 heavy (non-hydrogen) atoms. The summed E-state index contributed by atoms with van der Waals surface area (Å²) >= 11 is 19.9. The predicted molar refractivity (Wildman–Crippen MR) is 383 cm³/mol. The number of hydrogen-bond acceptors (Lipinski definition) is 15. The van der Waals surface area contributed by atoms with Gasteiger partial charge in [0.2, 0.25) is 0 Å². The Morgan fingerprint density at radius 2 is 0.760 bits per heavy atom. The SMILES string of the molecule is CCN(CC)C(=O)CO/N=C1/C=CCC/C=C/CCOC(=O)c2c(C)cc(C)c(Cl)c2C1.CCN(CC)C(=O)CO/N=C1\C=CCC/C=C/CCOC(=O)c2c(C)cc(C)c(Cl)c2C1.Cc1cc(C)c2c(c1Cl)CC(=N/OCC(=O)N1CCCCC1)/C=C/CC/C=C/COC2=O. The Morgan fingerprint density at radius 3 is 1.12 bits per heavy atom. The molecular weight excluding hydrogens is 1280 g/mol. The number of esters is 3. The number of cyclic esters (lactones) is 3. The maximum Gasteiger partial charge on any atom is 0.339 e. The molecule has 0 atom stereocenters. The number of rotatable bonds is 13. The Morgan fingerprint density at radius 1 is 0.438 bits per heavy atom. The Kier molecular flexibility index (Phi) is 35.1. The highest BCUT2D eigenvalue weighted by Crippen LogP contribution is 2.33. The number of ether oxygens (including phenoxy) is 3. The number of oxime groups is 3. The molecule has 520 valence electrons. The van der Waals surface area contributed by atoms with Crippen molar-refractivity contribution in [2.24, 2.45) is 15.5 Å². The van der Waals surface area contributed by atoms with Gasteiger partial charge in [-0.15, -0.1) is 0 Å². The van der Waals surface area contributed by atoms with Crippen molar-refractivity contribution in [1.29, 1.82) is 0 Å². The number of hydrogen-bond donors (Lipinski definition) is 0. The van der Waals surface area contributed by atoms with E-state index in [1.54, 1.807) is 9.80 Å². The van der Waals surface area contributed by atoms with Gasteiger partial charge in [0.1, 0.15) is 6.61 Å². The second kappa shape index (κ2) is 42.7. The minimum Gasteiger partial charge on any atom is -0.462 e. The predicted octanol–water partition coefficient (Wildman–Crippen LogP) is 15.3. The molecule has 21 heteroatoms. The maximum absolute atomic E-state index is 12.9. The van der Waals surface area contributed by atoms with E-state index in [4.69, 9.17) is 63.5 Å². The number of aryl methyl sites for hydroxylation is 6. The molecule has 0 spiro atoms. The molecule has 4 heterocycles. The fourth-order valence-corrected chi connectivity index (χ4v) is 11.8. The standard InChI is InChI=1S/C25H31ClN2O4.2C25H33ClN2O4/c1-18-15-19(2)24(26)21-16-20(27-32-17-22(29)28-12-8-6-9-13-28)11-7-4-3-5-10-14-31-25(30)23(18)21;2*1-5-28(6-2)22(29)17-32-27-20-13-11-9-7-8-10-12-14-31-25(30)23-18(3)15-19(4)24(26)21(23)16-20/h5,7,10-11,15H,3-4,6,8-9,12-14,16-17H2,1-2H3;2*8,10-11,13,15H,5-7,9,12,14,16-17H2,1-4H3/b10-5+,11-7+,27-20+;10-8+,13-11?,27-20+;10-8+,13-11?,27-20-. The van der Waals surface area contributed by atoms with Gasteiger partial charge in [0.05, 0.1) is 47.0 Å². The third-order valence-electron chi connectivity index (χ3n) is 16.2. The molecule has 0 N–H and O–H groups in total. The first-order valence-corrected chi connectivity index (χ1v) is 34.6. The second-order valence-corrected chi connectivity index (χ2v) is 24.6. The number of allylic oxidation sites excluding steroid dienone is 9. The molecule has 0 bridgehead atoms. The van der Waals surface area contributed by atoms with Crippen LogP contribution >= 0.6 is 34.8 Å². The van der Waals surface area contributed by atoms with Crippen molar-refractivity contribution in [3.05, 3.63) is 173 Å². The van der Waals surface area contributed by atoms with Crippen molar-refractivity contribution in [2.45, 2.75) is 159 Å². The highest BCUT2D eigenvalue weighted by atomic mass is 35.5. The average molecular weight is 1380 g/mol. The number of fused-ring (bicyclic) bond motifs is 3. The first kappa shape index (κ1) is 78.9. The summed E-state index contributed by atoms with van der Waals surface area (Å²) < 4.78 is 16.4. The van der Waals surface area contributed by atoms with Gasteiger partial charge in [0.25, 0.3) is 17.7 Å². The number of halogens is 3. The van der Waals surface area contributed by atoms with Crippen LogP contribution in [0.15, 0.2) is 107 Å². The van der Waals surface area contributed by atoms with Gasteiger partial charge in [-0.25, -0.2) is 14.4 Å². The number of piperidine rings is 1. The lowest BCUT2D eigenvalue weighted by atomic mass is 9.94. The monoisotopic (exact) mass is 1380 g/mol. The summed E-state index contributed by atoms with van der Waals surface area (Å²) in [6.45, 7) is 23.5. The van der Waals surface area contributed by atoms with E-state index in [2.05, 4.69) is 27.6 Å². The molecule has 1 saturated heterocycles. The summed E-state index contributed by atoms with van der Waals surface area (Å²) in [7, 11) is 0. The summed E-state index contributed by atoms with van der Waals surface area (Å²) in [6.07, 6.45) is 34.1. The van der Waals surface area contributed by atoms with E-state index in [9.17, 15) is 28.8 Å². The molecule has 0 radical (unpaired) electrons. The van der Waals surface area contributed by atoms with E-state index in [1.807, 2.05) is 153 Å². The molecule has 7 rings (SSSR count). The highest BCUT2D eigenvalue weighted by molar-refractivity contribution is 6.34. The van der Waals surface area contributed by atoms with Gasteiger partial charge in [0, 0.05) is 73.6 Å².